The van der Waals surface area contributed by atoms with Gasteiger partial charge in [-0.1, -0.05) is 31.2 Å². The van der Waals surface area contributed by atoms with E-state index < -0.39 is 0 Å². The first-order chi connectivity index (χ1) is 7.86. The number of rotatable bonds is 4. The highest BCUT2D eigenvalue weighted by Gasteiger charge is 2.27. The molecule has 0 aromatic heterocycles. The molecule has 88 valence electrons. The van der Waals surface area contributed by atoms with Gasteiger partial charge in [-0.3, -0.25) is 11.3 Å². The predicted octanol–water partition coefficient (Wildman–Crippen LogP) is 1.79. The molecule has 0 aliphatic carbocycles. The van der Waals surface area contributed by atoms with Crippen LogP contribution in [0.2, 0.25) is 0 Å². The number of benzene rings is 1. The third-order valence-corrected chi connectivity index (χ3v) is 3.39. The van der Waals surface area contributed by atoms with Gasteiger partial charge in [0.25, 0.3) is 0 Å². The number of hydrogen-bond donors (Lipinski definition) is 2. The fourth-order valence-electron chi connectivity index (χ4n) is 2.46. The molecule has 1 aromatic rings. The zero-order chi connectivity index (χ0) is 11.4. The summed E-state index contributed by atoms with van der Waals surface area (Å²) in [5.41, 5.74) is 5.65. The Morgan fingerprint density at radius 2 is 2.31 bits per heavy atom. The Labute approximate surface area is 97.0 Å². The van der Waals surface area contributed by atoms with Crippen molar-refractivity contribution in [3.8, 4) is 0 Å². The van der Waals surface area contributed by atoms with Gasteiger partial charge in [0, 0.05) is 12.5 Å². The monoisotopic (exact) mass is 220 g/mol. The van der Waals surface area contributed by atoms with E-state index in [1.807, 2.05) is 0 Å². The standard InChI is InChI=1S/C13H20N2O/c1-2-10-5-3-4-6-12(10)13(15-14)11-7-8-16-9-11/h3-6,11,13,15H,2,7-9,14H2,1H3. The van der Waals surface area contributed by atoms with E-state index in [9.17, 15) is 0 Å². The van der Waals surface area contributed by atoms with Crippen molar-refractivity contribution < 1.29 is 4.74 Å². The molecule has 1 fully saturated rings. The highest BCUT2D eigenvalue weighted by Crippen LogP contribution is 2.30. The van der Waals surface area contributed by atoms with E-state index in [1.165, 1.54) is 11.1 Å². The Morgan fingerprint density at radius 1 is 1.50 bits per heavy atom. The molecule has 1 aromatic carbocycles. The third-order valence-electron chi connectivity index (χ3n) is 3.39. The largest absolute Gasteiger partial charge is 0.381 e. The molecule has 0 radical (unpaired) electrons. The van der Waals surface area contributed by atoms with Crippen LogP contribution in [0.15, 0.2) is 24.3 Å². The van der Waals surface area contributed by atoms with Gasteiger partial charge in [0.15, 0.2) is 0 Å². The highest BCUT2D eigenvalue weighted by molar-refractivity contribution is 5.30. The lowest BCUT2D eigenvalue weighted by Crippen LogP contribution is -2.34. The lowest BCUT2D eigenvalue weighted by atomic mass is 9.89. The van der Waals surface area contributed by atoms with E-state index in [0.29, 0.717) is 5.92 Å². The van der Waals surface area contributed by atoms with E-state index in [2.05, 4.69) is 36.6 Å². The molecule has 3 heteroatoms. The first-order valence-electron chi connectivity index (χ1n) is 5.98. The smallest absolute Gasteiger partial charge is 0.0513 e. The van der Waals surface area contributed by atoms with E-state index >= 15 is 0 Å². The van der Waals surface area contributed by atoms with Crippen molar-refractivity contribution in [1.29, 1.82) is 0 Å². The van der Waals surface area contributed by atoms with Gasteiger partial charge < -0.3 is 4.74 Å². The zero-order valence-electron chi connectivity index (χ0n) is 9.78. The Morgan fingerprint density at radius 3 is 2.94 bits per heavy atom. The average Bonchev–Trinajstić information content (AvgIpc) is 2.84. The Bertz CT molecular complexity index is 334. The number of nitrogens with one attached hydrogen (secondary N) is 1. The lowest BCUT2D eigenvalue weighted by Gasteiger charge is -2.24. The molecule has 1 aliphatic heterocycles. The van der Waals surface area contributed by atoms with Crippen LogP contribution < -0.4 is 11.3 Å². The van der Waals surface area contributed by atoms with Crippen LogP contribution in [0.3, 0.4) is 0 Å². The molecule has 3 N–H and O–H groups in total. The predicted molar refractivity (Wildman–Crippen MR) is 64.8 cm³/mol. The summed E-state index contributed by atoms with van der Waals surface area (Å²) in [5, 5.41) is 0. The first kappa shape index (κ1) is 11.6. The molecule has 0 amide bonds. The molecule has 2 unspecified atom stereocenters. The van der Waals surface area contributed by atoms with E-state index in [4.69, 9.17) is 10.6 Å². The molecule has 0 spiro atoms. The second-order valence-electron chi connectivity index (χ2n) is 4.32. The van der Waals surface area contributed by atoms with Gasteiger partial charge in [-0.15, -0.1) is 0 Å². The summed E-state index contributed by atoms with van der Waals surface area (Å²) in [4.78, 5) is 0. The van der Waals surface area contributed by atoms with Crippen LogP contribution in [0.4, 0.5) is 0 Å². The fraction of sp³-hybridized carbons (Fsp3) is 0.538. The summed E-state index contributed by atoms with van der Waals surface area (Å²) in [6.07, 6.45) is 2.13. The van der Waals surface area contributed by atoms with Crippen molar-refractivity contribution in [2.24, 2.45) is 11.8 Å². The van der Waals surface area contributed by atoms with Crippen molar-refractivity contribution in [1.82, 2.24) is 5.43 Å². The third kappa shape index (κ3) is 2.26. The molecule has 3 nitrogen and oxygen atoms in total. The number of aryl methyl sites for hydroxylation is 1. The van der Waals surface area contributed by atoms with Gasteiger partial charge in [0.1, 0.15) is 0 Å². The summed E-state index contributed by atoms with van der Waals surface area (Å²) >= 11 is 0. The molecule has 2 atom stereocenters. The quantitative estimate of drug-likeness (QED) is 0.600. The van der Waals surface area contributed by atoms with Crippen molar-refractivity contribution in [3.63, 3.8) is 0 Å². The Kier molecular flexibility index (Phi) is 3.93. The van der Waals surface area contributed by atoms with Crippen molar-refractivity contribution >= 4 is 0 Å². The topological polar surface area (TPSA) is 47.3 Å². The van der Waals surface area contributed by atoms with Gasteiger partial charge in [0.05, 0.1) is 12.6 Å². The van der Waals surface area contributed by atoms with Crippen molar-refractivity contribution in [2.75, 3.05) is 13.2 Å². The average molecular weight is 220 g/mol. The van der Waals surface area contributed by atoms with Gasteiger partial charge in [0.2, 0.25) is 0 Å². The Hall–Kier alpha value is -0.900. The van der Waals surface area contributed by atoms with Gasteiger partial charge in [-0.05, 0) is 24.0 Å². The molecule has 0 bridgehead atoms. The zero-order valence-corrected chi connectivity index (χ0v) is 9.78. The van der Waals surface area contributed by atoms with E-state index in [1.54, 1.807) is 0 Å². The van der Waals surface area contributed by atoms with Crippen LogP contribution in [0.25, 0.3) is 0 Å². The fourth-order valence-corrected chi connectivity index (χ4v) is 2.46. The Balaban J connectivity index is 2.24. The summed E-state index contributed by atoms with van der Waals surface area (Å²) in [6.45, 7) is 3.85. The molecular formula is C13H20N2O. The van der Waals surface area contributed by atoms with Crippen molar-refractivity contribution in [2.45, 2.75) is 25.8 Å². The summed E-state index contributed by atoms with van der Waals surface area (Å²) < 4.78 is 5.44. The van der Waals surface area contributed by atoms with Gasteiger partial charge in [-0.25, -0.2) is 0 Å². The van der Waals surface area contributed by atoms with Crippen LogP contribution in [-0.4, -0.2) is 13.2 Å². The van der Waals surface area contributed by atoms with Crippen molar-refractivity contribution in [3.05, 3.63) is 35.4 Å². The lowest BCUT2D eigenvalue weighted by molar-refractivity contribution is 0.176. The molecule has 1 heterocycles. The summed E-state index contributed by atoms with van der Waals surface area (Å²) in [5.74, 6) is 6.20. The van der Waals surface area contributed by atoms with Crippen LogP contribution in [-0.2, 0) is 11.2 Å². The normalized spacial score (nSPS) is 22.2. The summed E-state index contributed by atoms with van der Waals surface area (Å²) in [7, 11) is 0. The number of hydrazine groups is 1. The molecule has 1 aliphatic rings. The second kappa shape index (κ2) is 5.43. The first-order valence-corrected chi connectivity index (χ1v) is 5.98. The molecule has 1 saturated heterocycles. The molecular weight excluding hydrogens is 200 g/mol. The minimum Gasteiger partial charge on any atom is -0.381 e. The number of ether oxygens (including phenoxy) is 1. The minimum absolute atomic E-state index is 0.221. The minimum atomic E-state index is 0.221. The highest BCUT2D eigenvalue weighted by atomic mass is 16.5. The van der Waals surface area contributed by atoms with E-state index in [0.717, 1.165) is 26.1 Å². The van der Waals surface area contributed by atoms with Crippen LogP contribution in [0, 0.1) is 5.92 Å². The number of nitrogens with two attached hydrogens (primary N) is 1. The molecule has 2 rings (SSSR count). The van der Waals surface area contributed by atoms with Gasteiger partial charge >= 0.3 is 0 Å². The summed E-state index contributed by atoms with van der Waals surface area (Å²) in [6, 6.07) is 8.73. The maximum atomic E-state index is 5.70. The SMILES string of the molecule is CCc1ccccc1C(NN)C1CCOC1. The molecule has 16 heavy (non-hydrogen) atoms. The second-order valence-corrected chi connectivity index (χ2v) is 4.32. The van der Waals surface area contributed by atoms with E-state index in [-0.39, 0.29) is 6.04 Å². The van der Waals surface area contributed by atoms with Crippen LogP contribution >= 0.6 is 0 Å². The number of hydrogen-bond acceptors (Lipinski definition) is 3. The van der Waals surface area contributed by atoms with Crippen LogP contribution in [0.1, 0.15) is 30.5 Å². The maximum Gasteiger partial charge on any atom is 0.0513 e. The van der Waals surface area contributed by atoms with Crippen LogP contribution in [0.5, 0.6) is 0 Å². The van der Waals surface area contributed by atoms with Gasteiger partial charge in [-0.2, -0.15) is 0 Å². The molecule has 0 saturated carbocycles. The maximum absolute atomic E-state index is 5.70.